The molecule has 1 aliphatic rings. The van der Waals surface area contributed by atoms with Crippen molar-refractivity contribution in [3.8, 4) is 0 Å². The number of nitrogens with two attached hydrogens (primary N) is 2. The Morgan fingerprint density at radius 3 is 3.00 bits per heavy atom. The predicted octanol–water partition coefficient (Wildman–Crippen LogP) is -1.80. The van der Waals surface area contributed by atoms with Gasteiger partial charge in [-0.15, -0.1) is 5.10 Å². The minimum Gasteiger partial charge on any atom is -0.369 e. The summed E-state index contributed by atoms with van der Waals surface area (Å²) in [6, 6.07) is 0. The van der Waals surface area contributed by atoms with Gasteiger partial charge in [0.2, 0.25) is 11.9 Å². The van der Waals surface area contributed by atoms with Crippen molar-refractivity contribution in [1.29, 1.82) is 0 Å². The molecule has 0 bridgehead atoms. The first-order chi connectivity index (χ1) is 5.61. The van der Waals surface area contributed by atoms with Gasteiger partial charge in [0.1, 0.15) is 0 Å². The van der Waals surface area contributed by atoms with Crippen LogP contribution in [0.15, 0.2) is 5.10 Å². The maximum Gasteiger partial charge on any atom is 0.248 e. The maximum absolute atomic E-state index is 11.3. The summed E-state index contributed by atoms with van der Waals surface area (Å²) >= 11 is 0. The summed E-state index contributed by atoms with van der Waals surface area (Å²) < 4.78 is 0. The van der Waals surface area contributed by atoms with Crippen molar-refractivity contribution in [3.63, 3.8) is 0 Å². The third-order valence-electron chi connectivity index (χ3n) is 1.62. The number of nitrogens with one attached hydrogen (secondary N) is 1. The highest BCUT2D eigenvalue weighted by atomic mass is 16.2. The molecule has 12 heavy (non-hydrogen) atoms. The third-order valence-corrected chi connectivity index (χ3v) is 1.62. The molecule has 1 rings (SSSR count). The van der Waals surface area contributed by atoms with Gasteiger partial charge in [-0.25, -0.2) is 5.01 Å². The molecule has 0 saturated carbocycles. The summed E-state index contributed by atoms with van der Waals surface area (Å²) in [6.45, 7) is 2.88. The number of hydrazone groups is 1. The average molecular weight is 171 g/mol. The normalized spacial score (nSPS) is 23.9. The minimum atomic E-state index is -0.0979. The van der Waals surface area contributed by atoms with Crippen LogP contribution in [0.5, 0.6) is 0 Å². The molecule has 0 spiro atoms. The molecule has 68 valence electrons. The Bertz CT molecular complexity index is 210. The highest BCUT2D eigenvalue weighted by molar-refractivity contribution is 5.82. The van der Waals surface area contributed by atoms with Gasteiger partial charge in [0.15, 0.2) is 0 Å². The molecule has 0 aromatic rings. The number of hydrogen-bond donors (Lipinski definition) is 3. The highest BCUT2D eigenvalue weighted by Gasteiger charge is 2.24. The number of hydrogen-bond acceptors (Lipinski definition) is 3. The molecule has 0 aromatic carbocycles. The zero-order chi connectivity index (χ0) is 9.14. The van der Waals surface area contributed by atoms with Crippen LogP contribution in [0.2, 0.25) is 0 Å². The number of rotatable bonds is 1. The van der Waals surface area contributed by atoms with Crippen molar-refractivity contribution < 1.29 is 4.79 Å². The monoisotopic (exact) mass is 171 g/mol. The first kappa shape index (κ1) is 8.79. The van der Waals surface area contributed by atoms with Crippen LogP contribution in [0.3, 0.4) is 0 Å². The molecule has 6 heteroatoms. The van der Waals surface area contributed by atoms with E-state index in [1.165, 1.54) is 5.01 Å². The zero-order valence-corrected chi connectivity index (χ0v) is 6.95. The molecular weight excluding hydrogens is 158 g/mol. The fourth-order valence-electron chi connectivity index (χ4n) is 1.03. The molecule has 0 unspecified atom stereocenters. The lowest BCUT2D eigenvalue weighted by Gasteiger charge is -2.26. The van der Waals surface area contributed by atoms with E-state index in [2.05, 4.69) is 10.4 Å². The van der Waals surface area contributed by atoms with E-state index in [0.717, 1.165) is 0 Å². The fraction of sp³-hybridized carbons (Fsp3) is 0.667. The summed E-state index contributed by atoms with van der Waals surface area (Å²) in [5, 5.41) is 7.91. The van der Waals surface area contributed by atoms with E-state index in [4.69, 9.17) is 11.5 Å². The van der Waals surface area contributed by atoms with Gasteiger partial charge in [-0.1, -0.05) is 6.92 Å². The van der Waals surface area contributed by atoms with Crippen LogP contribution in [-0.4, -0.2) is 30.1 Å². The Kier molecular flexibility index (Phi) is 2.49. The lowest BCUT2D eigenvalue weighted by Crippen LogP contribution is -2.49. The molecule has 1 fully saturated rings. The van der Waals surface area contributed by atoms with Crippen LogP contribution in [-0.2, 0) is 4.79 Å². The molecule has 5 N–H and O–H groups in total. The van der Waals surface area contributed by atoms with Crippen LogP contribution < -0.4 is 16.8 Å². The molecule has 0 aliphatic carbocycles. The van der Waals surface area contributed by atoms with Crippen LogP contribution in [0.25, 0.3) is 0 Å². The van der Waals surface area contributed by atoms with Crippen molar-refractivity contribution in [3.05, 3.63) is 0 Å². The summed E-state index contributed by atoms with van der Waals surface area (Å²) in [7, 11) is 0. The van der Waals surface area contributed by atoms with E-state index in [9.17, 15) is 4.79 Å². The highest BCUT2D eigenvalue weighted by Crippen LogP contribution is 2.05. The van der Waals surface area contributed by atoms with Crippen LogP contribution in [0.4, 0.5) is 0 Å². The largest absolute Gasteiger partial charge is 0.369 e. The second-order valence-corrected chi connectivity index (χ2v) is 2.78. The second-order valence-electron chi connectivity index (χ2n) is 2.78. The lowest BCUT2D eigenvalue weighted by atomic mass is 10.1. The molecule has 1 amide bonds. The predicted molar refractivity (Wildman–Crippen MR) is 44.7 cm³/mol. The third kappa shape index (κ3) is 1.85. The molecular formula is C6H13N5O. The second kappa shape index (κ2) is 3.40. The first-order valence-electron chi connectivity index (χ1n) is 3.73. The molecule has 1 heterocycles. The fourth-order valence-corrected chi connectivity index (χ4v) is 1.03. The van der Waals surface area contributed by atoms with Gasteiger partial charge in [-0.3, -0.25) is 10.1 Å². The molecule has 0 aromatic heterocycles. The molecule has 6 nitrogen and oxygen atoms in total. The Labute approximate surface area is 70.6 Å². The van der Waals surface area contributed by atoms with Gasteiger partial charge >= 0.3 is 0 Å². The average Bonchev–Trinajstić information content (AvgIpc) is 1.98. The van der Waals surface area contributed by atoms with E-state index >= 15 is 0 Å². The number of guanidine groups is 1. The number of carbonyl (C=O) groups is 1. The summed E-state index contributed by atoms with van der Waals surface area (Å²) in [4.78, 5) is 11.3. The standard InChI is InChI=1S/C6H13N5O/c1-4-2-9-3-11(5(4)12)10-6(7)8/h4,9H,2-3H2,1H3,(H4,7,8,10)/t4-/m0/s1. The molecule has 1 saturated heterocycles. The van der Waals surface area contributed by atoms with Crippen molar-refractivity contribution in [2.24, 2.45) is 22.5 Å². The molecule has 1 atom stereocenters. The summed E-state index contributed by atoms with van der Waals surface area (Å²) in [5.74, 6) is -0.219. The summed E-state index contributed by atoms with van der Waals surface area (Å²) in [6.07, 6.45) is 0. The minimum absolute atomic E-state index is 0.0536. The lowest BCUT2D eigenvalue weighted by molar-refractivity contribution is -0.137. The maximum atomic E-state index is 11.3. The number of carbonyl (C=O) groups excluding carboxylic acids is 1. The van der Waals surface area contributed by atoms with Gasteiger partial charge in [0.05, 0.1) is 6.67 Å². The summed E-state index contributed by atoms with van der Waals surface area (Å²) in [5.41, 5.74) is 10.3. The van der Waals surface area contributed by atoms with Crippen molar-refractivity contribution in [2.45, 2.75) is 6.92 Å². The Morgan fingerprint density at radius 1 is 1.75 bits per heavy atom. The van der Waals surface area contributed by atoms with Crippen molar-refractivity contribution in [1.82, 2.24) is 10.3 Å². The molecule has 1 aliphatic heterocycles. The van der Waals surface area contributed by atoms with Crippen LogP contribution in [0, 0.1) is 5.92 Å². The van der Waals surface area contributed by atoms with Gasteiger partial charge < -0.3 is 11.5 Å². The van der Waals surface area contributed by atoms with E-state index < -0.39 is 0 Å². The quantitative estimate of drug-likeness (QED) is 0.320. The van der Waals surface area contributed by atoms with Gasteiger partial charge in [-0.2, -0.15) is 0 Å². The Hall–Kier alpha value is -1.30. The Morgan fingerprint density at radius 2 is 2.42 bits per heavy atom. The topological polar surface area (TPSA) is 96.7 Å². The van der Waals surface area contributed by atoms with Gasteiger partial charge in [-0.05, 0) is 0 Å². The van der Waals surface area contributed by atoms with Crippen molar-refractivity contribution >= 4 is 11.9 Å². The first-order valence-corrected chi connectivity index (χ1v) is 3.73. The zero-order valence-electron chi connectivity index (χ0n) is 6.95. The van der Waals surface area contributed by atoms with Crippen LogP contribution in [0.1, 0.15) is 6.92 Å². The van der Waals surface area contributed by atoms with Crippen LogP contribution >= 0.6 is 0 Å². The number of amides is 1. The SMILES string of the molecule is C[C@H]1CNCN(N=C(N)N)C1=O. The molecule has 0 radical (unpaired) electrons. The van der Waals surface area contributed by atoms with Gasteiger partial charge in [0, 0.05) is 12.5 Å². The van der Waals surface area contributed by atoms with Gasteiger partial charge in [0.25, 0.3) is 0 Å². The smallest absolute Gasteiger partial charge is 0.248 e. The Balaban J connectivity index is 2.64. The van der Waals surface area contributed by atoms with E-state index in [-0.39, 0.29) is 17.8 Å². The van der Waals surface area contributed by atoms with E-state index in [1.807, 2.05) is 6.92 Å². The number of nitrogens with zero attached hydrogens (tertiary/aromatic N) is 2. The van der Waals surface area contributed by atoms with E-state index in [0.29, 0.717) is 13.2 Å². The van der Waals surface area contributed by atoms with E-state index in [1.54, 1.807) is 0 Å². The van der Waals surface area contributed by atoms with Crippen molar-refractivity contribution in [2.75, 3.05) is 13.2 Å².